The van der Waals surface area contributed by atoms with Crippen molar-refractivity contribution in [3.05, 3.63) is 28.3 Å². The Kier molecular flexibility index (Phi) is 5.81. The van der Waals surface area contributed by atoms with E-state index in [2.05, 4.69) is 0 Å². The predicted molar refractivity (Wildman–Crippen MR) is 54.3 cm³/mol. The van der Waals surface area contributed by atoms with E-state index in [4.69, 9.17) is 14.6 Å². The van der Waals surface area contributed by atoms with Crippen molar-refractivity contribution >= 4 is 5.69 Å². The van der Waals surface area contributed by atoms with Gasteiger partial charge >= 0.3 is 0 Å². The first-order valence-electron chi connectivity index (χ1n) is 4.00. The standard InChI is InChI=1S/C8H9NO4.CH4O/c1-12-7-4-3-6(9(10)11)5-8(7)13-2;1-2/h3-5H,1-2H3;2H,1H3. The third-order valence-corrected chi connectivity index (χ3v) is 1.58. The Balaban J connectivity index is 0.000000921. The van der Waals surface area contributed by atoms with Gasteiger partial charge < -0.3 is 14.6 Å². The van der Waals surface area contributed by atoms with E-state index in [1.165, 1.54) is 32.4 Å². The summed E-state index contributed by atoms with van der Waals surface area (Å²) < 4.78 is 9.82. The van der Waals surface area contributed by atoms with Crippen LogP contribution in [0.4, 0.5) is 5.69 Å². The molecule has 0 saturated heterocycles. The molecule has 0 bridgehead atoms. The van der Waals surface area contributed by atoms with Gasteiger partial charge in [0.25, 0.3) is 5.69 Å². The van der Waals surface area contributed by atoms with Gasteiger partial charge in [0.15, 0.2) is 11.5 Å². The SMILES string of the molecule is CO.COc1ccc([N+](=O)[O-])cc1OC. The molecule has 0 amide bonds. The molecule has 0 aromatic heterocycles. The zero-order valence-electron chi connectivity index (χ0n) is 8.76. The van der Waals surface area contributed by atoms with Gasteiger partial charge in [-0.25, -0.2) is 0 Å². The number of nitrogens with zero attached hydrogens (tertiary/aromatic N) is 1. The van der Waals surface area contributed by atoms with Crippen LogP contribution in [0.5, 0.6) is 11.5 Å². The number of methoxy groups -OCH3 is 2. The predicted octanol–water partition coefficient (Wildman–Crippen LogP) is 1.22. The van der Waals surface area contributed by atoms with Crippen molar-refractivity contribution in [3.8, 4) is 11.5 Å². The lowest BCUT2D eigenvalue weighted by molar-refractivity contribution is -0.384. The maximum Gasteiger partial charge on any atom is 0.273 e. The van der Waals surface area contributed by atoms with Crippen molar-refractivity contribution in [2.45, 2.75) is 0 Å². The molecule has 84 valence electrons. The first-order valence-corrected chi connectivity index (χ1v) is 4.00. The molecule has 0 fully saturated rings. The molecule has 15 heavy (non-hydrogen) atoms. The number of ether oxygens (including phenoxy) is 2. The normalized spacial score (nSPS) is 8.53. The molecule has 6 nitrogen and oxygen atoms in total. The van der Waals surface area contributed by atoms with Crippen molar-refractivity contribution < 1.29 is 19.5 Å². The van der Waals surface area contributed by atoms with Crippen LogP contribution in [0.2, 0.25) is 0 Å². The van der Waals surface area contributed by atoms with E-state index in [0.29, 0.717) is 11.5 Å². The molecule has 0 atom stereocenters. The lowest BCUT2D eigenvalue weighted by Gasteiger charge is -2.05. The first kappa shape index (κ1) is 13.2. The fourth-order valence-corrected chi connectivity index (χ4v) is 0.938. The fourth-order valence-electron chi connectivity index (χ4n) is 0.938. The van der Waals surface area contributed by atoms with Crippen molar-refractivity contribution in [2.75, 3.05) is 21.3 Å². The number of aliphatic hydroxyl groups is 1. The van der Waals surface area contributed by atoms with E-state index in [0.717, 1.165) is 7.11 Å². The number of nitro benzene ring substituents is 1. The molecule has 0 aliphatic carbocycles. The second-order valence-corrected chi connectivity index (χ2v) is 2.30. The van der Waals surface area contributed by atoms with Gasteiger partial charge in [-0.05, 0) is 6.07 Å². The highest BCUT2D eigenvalue weighted by Crippen LogP contribution is 2.30. The summed E-state index contributed by atoms with van der Waals surface area (Å²) in [6.45, 7) is 0. The van der Waals surface area contributed by atoms with Crippen molar-refractivity contribution in [1.29, 1.82) is 0 Å². The summed E-state index contributed by atoms with van der Waals surface area (Å²) in [5.41, 5.74) is -0.0161. The molecule has 1 aromatic carbocycles. The first-order chi connectivity index (χ1) is 7.19. The molecule has 0 unspecified atom stereocenters. The van der Waals surface area contributed by atoms with Crippen LogP contribution in [0.25, 0.3) is 0 Å². The van der Waals surface area contributed by atoms with Gasteiger partial charge in [0.05, 0.1) is 25.2 Å². The Hall–Kier alpha value is -1.82. The molecule has 1 N–H and O–H groups in total. The quantitative estimate of drug-likeness (QED) is 0.605. The minimum Gasteiger partial charge on any atom is -0.493 e. The average Bonchev–Trinajstić information content (AvgIpc) is 2.30. The Bertz CT molecular complexity index is 326. The topological polar surface area (TPSA) is 81.8 Å². The van der Waals surface area contributed by atoms with Gasteiger partial charge in [0, 0.05) is 13.2 Å². The zero-order valence-corrected chi connectivity index (χ0v) is 8.76. The molecular formula is C9H13NO5. The van der Waals surface area contributed by atoms with Crippen molar-refractivity contribution in [1.82, 2.24) is 0 Å². The van der Waals surface area contributed by atoms with Crippen LogP contribution in [-0.2, 0) is 0 Å². The monoisotopic (exact) mass is 215 g/mol. The number of non-ortho nitro benzene ring substituents is 1. The second kappa shape index (κ2) is 6.61. The third kappa shape index (κ3) is 3.43. The summed E-state index contributed by atoms with van der Waals surface area (Å²) in [5.74, 6) is 0.838. The summed E-state index contributed by atoms with van der Waals surface area (Å²) in [4.78, 5) is 9.89. The van der Waals surface area contributed by atoms with Gasteiger partial charge in [0.1, 0.15) is 0 Å². The molecule has 1 rings (SSSR count). The number of aliphatic hydroxyl groups excluding tert-OH is 1. The second-order valence-electron chi connectivity index (χ2n) is 2.30. The van der Waals surface area contributed by atoms with Crippen LogP contribution in [0.3, 0.4) is 0 Å². The van der Waals surface area contributed by atoms with E-state index >= 15 is 0 Å². The van der Waals surface area contributed by atoms with Crippen LogP contribution >= 0.6 is 0 Å². The maximum atomic E-state index is 10.4. The van der Waals surface area contributed by atoms with E-state index in [1.807, 2.05) is 0 Å². The van der Waals surface area contributed by atoms with E-state index in [1.54, 1.807) is 0 Å². The summed E-state index contributed by atoms with van der Waals surface area (Å²) >= 11 is 0. The Labute approximate surface area is 87.2 Å². The minimum absolute atomic E-state index is 0.0161. The molecule has 1 aromatic rings. The average molecular weight is 215 g/mol. The highest BCUT2D eigenvalue weighted by Gasteiger charge is 2.10. The summed E-state index contributed by atoms with van der Waals surface area (Å²) in [5, 5.41) is 17.4. The molecule has 0 radical (unpaired) electrons. The molecule has 0 saturated carbocycles. The highest BCUT2D eigenvalue weighted by molar-refractivity contribution is 5.48. The Morgan fingerprint density at radius 3 is 2.13 bits per heavy atom. The number of nitro groups is 1. The van der Waals surface area contributed by atoms with Crippen LogP contribution in [0, 0.1) is 10.1 Å². The van der Waals surface area contributed by atoms with E-state index in [-0.39, 0.29) is 5.69 Å². The molecule has 6 heteroatoms. The third-order valence-electron chi connectivity index (χ3n) is 1.58. The number of benzene rings is 1. The molecule has 0 aliphatic heterocycles. The van der Waals surface area contributed by atoms with Crippen LogP contribution in [-0.4, -0.2) is 31.4 Å². The van der Waals surface area contributed by atoms with Gasteiger partial charge in [-0.15, -0.1) is 0 Å². The fraction of sp³-hybridized carbons (Fsp3) is 0.333. The van der Waals surface area contributed by atoms with Crippen molar-refractivity contribution in [2.24, 2.45) is 0 Å². The van der Waals surface area contributed by atoms with Crippen molar-refractivity contribution in [3.63, 3.8) is 0 Å². The van der Waals surface area contributed by atoms with Crippen LogP contribution < -0.4 is 9.47 Å². The summed E-state index contributed by atoms with van der Waals surface area (Å²) in [6.07, 6.45) is 0. The number of rotatable bonds is 3. The van der Waals surface area contributed by atoms with E-state index in [9.17, 15) is 10.1 Å². The highest BCUT2D eigenvalue weighted by atomic mass is 16.6. The Morgan fingerprint density at radius 1 is 1.20 bits per heavy atom. The van der Waals surface area contributed by atoms with Gasteiger partial charge in [0.2, 0.25) is 0 Å². The molecule has 0 aliphatic rings. The largest absolute Gasteiger partial charge is 0.493 e. The van der Waals surface area contributed by atoms with Crippen LogP contribution in [0.1, 0.15) is 0 Å². The molecule has 0 heterocycles. The summed E-state index contributed by atoms with van der Waals surface area (Å²) in [6, 6.07) is 4.18. The maximum absolute atomic E-state index is 10.4. The minimum atomic E-state index is -0.484. The smallest absolute Gasteiger partial charge is 0.273 e. The number of hydrogen-bond donors (Lipinski definition) is 1. The molecular weight excluding hydrogens is 202 g/mol. The van der Waals surface area contributed by atoms with Gasteiger partial charge in [-0.3, -0.25) is 10.1 Å². The van der Waals surface area contributed by atoms with Gasteiger partial charge in [-0.2, -0.15) is 0 Å². The molecule has 0 spiro atoms. The lowest BCUT2D eigenvalue weighted by atomic mass is 10.3. The van der Waals surface area contributed by atoms with Gasteiger partial charge in [-0.1, -0.05) is 0 Å². The Morgan fingerprint density at radius 2 is 1.73 bits per heavy atom. The summed E-state index contributed by atoms with van der Waals surface area (Å²) in [7, 11) is 3.91. The lowest BCUT2D eigenvalue weighted by Crippen LogP contribution is -1.93. The number of hydrogen-bond acceptors (Lipinski definition) is 5. The zero-order chi connectivity index (χ0) is 11.8. The van der Waals surface area contributed by atoms with E-state index < -0.39 is 4.92 Å². The van der Waals surface area contributed by atoms with Crippen LogP contribution in [0.15, 0.2) is 18.2 Å².